The van der Waals surface area contributed by atoms with Gasteiger partial charge in [-0.3, -0.25) is 15.2 Å². The van der Waals surface area contributed by atoms with E-state index in [1.807, 2.05) is 0 Å². The van der Waals surface area contributed by atoms with Crippen LogP contribution < -0.4 is 5.32 Å². The molecule has 0 spiro atoms. The number of nitrogens with one attached hydrogen (secondary N) is 2. The summed E-state index contributed by atoms with van der Waals surface area (Å²) in [5.74, 6) is 0.511. The zero-order valence-corrected chi connectivity index (χ0v) is 10.3. The monoisotopic (exact) mass is 277 g/mol. The molecule has 0 atom stereocenters. The molecule has 0 saturated heterocycles. The van der Waals surface area contributed by atoms with Crippen molar-refractivity contribution in [1.82, 2.24) is 20.5 Å². The van der Waals surface area contributed by atoms with Gasteiger partial charge in [-0.1, -0.05) is 0 Å². The summed E-state index contributed by atoms with van der Waals surface area (Å²) in [6.45, 7) is 0.208. The molecular weight excluding hydrogens is 266 g/mol. The number of ether oxygens (including phenoxy) is 1. The van der Waals surface area contributed by atoms with Crippen LogP contribution in [0, 0.1) is 10.1 Å². The van der Waals surface area contributed by atoms with Gasteiger partial charge in [0.1, 0.15) is 18.8 Å². The summed E-state index contributed by atoms with van der Waals surface area (Å²) in [5, 5.41) is 19.2. The second-order valence-corrected chi connectivity index (χ2v) is 3.79. The van der Waals surface area contributed by atoms with Gasteiger partial charge in [0.25, 0.3) is 5.69 Å². The Kier molecular flexibility index (Phi) is 4.22. The van der Waals surface area contributed by atoms with Crippen LogP contribution in [-0.2, 0) is 17.9 Å². The maximum Gasteiger partial charge on any atom is 0.407 e. The molecule has 1 heterocycles. The van der Waals surface area contributed by atoms with E-state index in [1.165, 1.54) is 30.6 Å². The SMILES string of the molecule is O=C(NCc1ncn[nH]1)OCc1ccc([N+](=O)[O-])cc1. The molecule has 9 heteroatoms. The Hall–Kier alpha value is -2.97. The lowest BCUT2D eigenvalue weighted by Crippen LogP contribution is -2.24. The van der Waals surface area contributed by atoms with Crippen LogP contribution in [0.1, 0.15) is 11.4 Å². The lowest BCUT2D eigenvalue weighted by atomic mass is 10.2. The first-order valence-corrected chi connectivity index (χ1v) is 5.63. The highest BCUT2D eigenvalue weighted by atomic mass is 16.6. The van der Waals surface area contributed by atoms with E-state index in [4.69, 9.17) is 4.74 Å². The van der Waals surface area contributed by atoms with E-state index in [-0.39, 0.29) is 18.8 Å². The number of carbonyl (C=O) groups excluding carboxylic acids is 1. The number of aromatic amines is 1. The third-order valence-electron chi connectivity index (χ3n) is 2.38. The highest BCUT2D eigenvalue weighted by Gasteiger charge is 2.06. The Labute approximate surface area is 113 Å². The molecule has 0 bridgehead atoms. The molecule has 0 aliphatic rings. The summed E-state index contributed by atoms with van der Waals surface area (Å²) in [7, 11) is 0. The standard InChI is InChI=1S/C11H11N5O4/c17-11(12-5-10-13-7-14-15-10)20-6-8-1-3-9(4-2-8)16(18)19/h1-4,7H,5-6H2,(H,12,17)(H,13,14,15). The summed E-state index contributed by atoms with van der Waals surface area (Å²) >= 11 is 0. The lowest BCUT2D eigenvalue weighted by molar-refractivity contribution is -0.384. The minimum Gasteiger partial charge on any atom is -0.445 e. The Balaban J connectivity index is 1.76. The first-order valence-electron chi connectivity index (χ1n) is 5.63. The number of benzene rings is 1. The molecule has 2 aromatic rings. The predicted octanol–water partition coefficient (Wildman–Crippen LogP) is 1.14. The third-order valence-corrected chi connectivity index (χ3v) is 2.38. The number of carbonyl (C=O) groups is 1. The summed E-state index contributed by atoms with van der Waals surface area (Å²) in [5.41, 5.74) is 0.647. The van der Waals surface area contributed by atoms with Gasteiger partial charge in [-0.15, -0.1) is 0 Å². The maximum atomic E-state index is 11.4. The zero-order valence-electron chi connectivity index (χ0n) is 10.3. The molecule has 0 saturated carbocycles. The summed E-state index contributed by atoms with van der Waals surface area (Å²) in [6, 6.07) is 5.76. The number of non-ortho nitro benzene ring substituents is 1. The molecule has 0 unspecified atom stereocenters. The summed E-state index contributed by atoms with van der Waals surface area (Å²) in [4.78, 5) is 25.2. The number of nitrogens with zero attached hydrogens (tertiary/aromatic N) is 3. The van der Waals surface area contributed by atoms with Crippen LogP contribution in [-0.4, -0.2) is 26.2 Å². The van der Waals surface area contributed by atoms with Crippen molar-refractivity contribution in [2.75, 3.05) is 0 Å². The van der Waals surface area contributed by atoms with Gasteiger partial charge in [0.2, 0.25) is 0 Å². The summed E-state index contributed by atoms with van der Waals surface area (Å²) < 4.78 is 4.94. The van der Waals surface area contributed by atoms with Crippen LogP contribution in [0.3, 0.4) is 0 Å². The number of rotatable bonds is 5. The number of amides is 1. The molecule has 20 heavy (non-hydrogen) atoms. The van der Waals surface area contributed by atoms with Gasteiger partial charge in [0, 0.05) is 12.1 Å². The Bertz CT molecular complexity index is 581. The third kappa shape index (κ3) is 3.77. The fraction of sp³-hybridized carbons (Fsp3) is 0.182. The highest BCUT2D eigenvalue weighted by molar-refractivity contribution is 5.67. The molecule has 0 fully saturated rings. The van der Waals surface area contributed by atoms with Gasteiger partial charge in [-0.2, -0.15) is 5.10 Å². The molecule has 1 amide bonds. The Morgan fingerprint density at radius 1 is 1.40 bits per heavy atom. The van der Waals surface area contributed by atoms with Crippen LogP contribution in [0.15, 0.2) is 30.6 Å². The van der Waals surface area contributed by atoms with E-state index in [0.29, 0.717) is 11.4 Å². The zero-order chi connectivity index (χ0) is 14.4. The largest absolute Gasteiger partial charge is 0.445 e. The quantitative estimate of drug-likeness (QED) is 0.624. The van der Waals surface area contributed by atoms with Gasteiger partial charge >= 0.3 is 6.09 Å². The second-order valence-electron chi connectivity index (χ2n) is 3.79. The van der Waals surface area contributed by atoms with Crippen molar-refractivity contribution in [3.8, 4) is 0 Å². The van der Waals surface area contributed by atoms with E-state index in [9.17, 15) is 14.9 Å². The molecule has 1 aromatic heterocycles. The molecule has 2 rings (SSSR count). The Morgan fingerprint density at radius 3 is 2.75 bits per heavy atom. The van der Waals surface area contributed by atoms with Crippen molar-refractivity contribution >= 4 is 11.8 Å². The van der Waals surface area contributed by atoms with Crippen molar-refractivity contribution in [1.29, 1.82) is 0 Å². The van der Waals surface area contributed by atoms with E-state index >= 15 is 0 Å². The van der Waals surface area contributed by atoms with E-state index < -0.39 is 11.0 Å². The van der Waals surface area contributed by atoms with Crippen LogP contribution in [0.2, 0.25) is 0 Å². The molecule has 104 valence electrons. The fourth-order valence-corrected chi connectivity index (χ4v) is 1.39. The first-order chi connectivity index (χ1) is 9.65. The van der Waals surface area contributed by atoms with Crippen molar-refractivity contribution in [3.63, 3.8) is 0 Å². The smallest absolute Gasteiger partial charge is 0.407 e. The number of nitro groups is 1. The highest BCUT2D eigenvalue weighted by Crippen LogP contribution is 2.12. The van der Waals surface area contributed by atoms with E-state index in [0.717, 1.165) is 0 Å². The normalized spacial score (nSPS) is 10.0. The number of hydrogen-bond donors (Lipinski definition) is 2. The van der Waals surface area contributed by atoms with Crippen LogP contribution in [0.4, 0.5) is 10.5 Å². The average Bonchev–Trinajstić information content (AvgIpc) is 2.96. The molecule has 0 aliphatic carbocycles. The van der Waals surface area contributed by atoms with Crippen LogP contribution in [0.5, 0.6) is 0 Å². The number of alkyl carbamates (subject to hydrolysis) is 1. The molecule has 9 nitrogen and oxygen atoms in total. The lowest BCUT2D eigenvalue weighted by Gasteiger charge is -2.05. The minimum absolute atomic E-state index is 0.0106. The number of H-pyrrole nitrogens is 1. The van der Waals surface area contributed by atoms with Gasteiger partial charge in [-0.05, 0) is 17.7 Å². The van der Waals surface area contributed by atoms with E-state index in [2.05, 4.69) is 20.5 Å². The predicted molar refractivity (Wildman–Crippen MR) is 66.5 cm³/mol. The van der Waals surface area contributed by atoms with E-state index in [1.54, 1.807) is 0 Å². The molecule has 1 aromatic carbocycles. The van der Waals surface area contributed by atoms with Gasteiger partial charge in [-0.25, -0.2) is 9.78 Å². The second kappa shape index (κ2) is 6.27. The van der Waals surface area contributed by atoms with Gasteiger partial charge in [0.05, 0.1) is 11.5 Å². The Morgan fingerprint density at radius 2 is 2.15 bits per heavy atom. The summed E-state index contributed by atoms with van der Waals surface area (Å²) in [6.07, 6.45) is 0.721. The van der Waals surface area contributed by atoms with Crippen molar-refractivity contribution in [2.24, 2.45) is 0 Å². The number of hydrogen-bond acceptors (Lipinski definition) is 6. The van der Waals surface area contributed by atoms with Crippen molar-refractivity contribution < 1.29 is 14.5 Å². The average molecular weight is 277 g/mol. The topological polar surface area (TPSA) is 123 Å². The fourth-order valence-electron chi connectivity index (χ4n) is 1.39. The van der Waals surface area contributed by atoms with Gasteiger partial charge in [0.15, 0.2) is 0 Å². The molecule has 0 aliphatic heterocycles. The van der Waals surface area contributed by atoms with Crippen LogP contribution >= 0.6 is 0 Å². The van der Waals surface area contributed by atoms with Crippen LogP contribution in [0.25, 0.3) is 0 Å². The van der Waals surface area contributed by atoms with Gasteiger partial charge < -0.3 is 10.1 Å². The maximum absolute atomic E-state index is 11.4. The first kappa shape index (κ1) is 13.5. The number of nitro benzene ring substituents is 1. The number of aromatic nitrogens is 3. The van der Waals surface area contributed by atoms with Crippen molar-refractivity contribution in [2.45, 2.75) is 13.2 Å². The molecule has 2 N–H and O–H groups in total. The van der Waals surface area contributed by atoms with Crippen molar-refractivity contribution in [3.05, 3.63) is 52.1 Å². The molecular formula is C11H11N5O4. The minimum atomic E-state index is -0.611. The molecule has 0 radical (unpaired) electrons.